The van der Waals surface area contributed by atoms with Gasteiger partial charge in [0.25, 0.3) is 0 Å². The molecule has 0 saturated heterocycles. The average molecular weight is 355 g/mol. The Balaban J connectivity index is 2.57. The van der Waals surface area contributed by atoms with Gasteiger partial charge in [0.2, 0.25) is 0 Å². The second-order valence-electron chi connectivity index (χ2n) is 9.48. The van der Waals surface area contributed by atoms with E-state index in [0.29, 0.717) is 5.75 Å². The Hall–Kier alpha value is -1.96. The van der Waals surface area contributed by atoms with Crippen LogP contribution in [0.2, 0.25) is 0 Å². The fourth-order valence-corrected chi connectivity index (χ4v) is 3.64. The van der Waals surface area contributed by atoms with Gasteiger partial charge in [-0.15, -0.1) is 0 Å². The Labute approximate surface area is 159 Å². The van der Waals surface area contributed by atoms with Crippen LogP contribution in [0.3, 0.4) is 0 Å². The van der Waals surface area contributed by atoms with Crippen LogP contribution in [0.4, 0.5) is 0 Å². The van der Waals surface area contributed by atoms with Crippen LogP contribution >= 0.6 is 0 Å². The highest BCUT2D eigenvalue weighted by atomic mass is 16.5. The molecule has 1 N–H and O–H groups in total. The number of aromatic hydroxyl groups is 1. The summed E-state index contributed by atoms with van der Waals surface area (Å²) in [4.78, 5) is 0. The molecule has 0 bridgehead atoms. The monoisotopic (exact) mass is 354 g/mol. The van der Waals surface area contributed by atoms with Crippen molar-refractivity contribution in [1.29, 1.82) is 0 Å². The zero-order valence-corrected chi connectivity index (χ0v) is 17.9. The van der Waals surface area contributed by atoms with E-state index in [1.807, 2.05) is 0 Å². The van der Waals surface area contributed by atoms with Gasteiger partial charge in [-0.25, -0.2) is 0 Å². The van der Waals surface area contributed by atoms with Crippen LogP contribution in [0.5, 0.6) is 11.5 Å². The van der Waals surface area contributed by atoms with Gasteiger partial charge in [-0.05, 0) is 64.5 Å². The largest absolute Gasteiger partial charge is 0.507 e. The molecule has 2 heteroatoms. The number of phenolic OH excluding ortho intramolecular Hbond substituents is 1. The quantitative estimate of drug-likeness (QED) is 0.710. The maximum Gasteiger partial charge on any atom is 0.124 e. The van der Waals surface area contributed by atoms with E-state index >= 15 is 0 Å². The lowest BCUT2D eigenvalue weighted by Crippen LogP contribution is -2.18. The van der Waals surface area contributed by atoms with E-state index in [-0.39, 0.29) is 10.8 Å². The molecule has 2 nitrogen and oxygen atoms in total. The van der Waals surface area contributed by atoms with Crippen LogP contribution in [0, 0.1) is 13.8 Å². The molecule has 0 unspecified atom stereocenters. The molecule has 0 aliphatic carbocycles. The molecule has 0 amide bonds. The standard InChI is InChI=1S/C24H34O2/c1-15-10-17(11-16(2)22(15)26-9)12-18-13-19(23(3,4)5)21(25)20(14-18)24(6,7)8/h10-11,13-14,25H,12H2,1-9H3. The van der Waals surface area contributed by atoms with Gasteiger partial charge in [0.05, 0.1) is 7.11 Å². The predicted molar refractivity (Wildman–Crippen MR) is 111 cm³/mol. The second-order valence-corrected chi connectivity index (χ2v) is 9.48. The van der Waals surface area contributed by atoms with E-state index in [4.69, 9.17) is 4.74 Å². The van der Waals surface area contributed by atoms with Gasteiger partial charge in [0.1, 0.15) is 11.5 Å². The number of hydrogen-bond acceptors (Lipinski definition) is 2. The zero-order valence-electron chi connectivity index (χ0n) is 17.9. The molecule has 0 saturated carbocycles. The average Bonchev–Trinajstić information content (AvgIpc) is 2.46. The molecule has 0 spiro atoms. The van der Waals surface area contributed by atoms with Crippen molar-refractivity contribution in [2.75, 3.05) is 7.11 Å². The van der Waals surface area contributed by atoms with E-state index < -0.39 is 0 Å². The summed E-state index contributed by atoms with van der Waals surface area (Å²) in [6, 6.07) is 8.73. The number of aryl methyl sites for hydroxylation is 2. The Bertz CT molecular complexity index is 744. The third kappa shape index (κ3) is 4.23. The first kappa shape index (κ1) is 20.4. The fraction of sp³-hybridized carbons (Fsp3) is 0.500. The predicted octanol–water partition coefficient (Wildman–Crippen LogP) is 6.20. The highest BCUT2D eigenvalue weighted by molar-refractivity contribution is 5.51. The summed E-state index contributed by atoms with van der Waals surface area (Å²) in [7, 11) is 1.72. The van der Waals surface area contributed by atoms with E-state index in [0.717, 1.165) is 34.4 Å². The van der Waals surface area contributed by atoms with Crippen LogP contribution in [0.25, 0.3) is 0 Å². The molecule has 0 aliphatic rings. The van der Waals surface area contributed by atoms with E-state index in [1.54, 1.807) is 7.11 Å². The number of methoxy groups -OCH3 is 1. The molecule has 2 rings (SSSR count). The summed E-state index contributed by atoms with van der Waals surface area (Å²) in [5.41, 5.74) is 6.65. The Morgan fingerprint density at radius 2 is 1.15 bits per heavy atom. The van der Waals surface area contributed by atoms with Crippen LogP contribution in [-0.4, -0.2) is 12.2 Å². The SMILES string of the molecule is COc1c(C)cc(Cc2cc(C(C)(C)C)c(O)c(C(C)(C)C)c2)cc1C. The molecule has 0 atom stereocenters. The molecule has 2 aromatic rings. The van der Waals surface area contributed by atoms with Crippen molar-refractivity contribution in [3.8, 4) is 11.5 Å². The van der Waals surface area contributed by atoms with Crippen molar-refractivity contribution in [3.05, 3.63) is 57.6 Å². The first-order chi connectivity index (χ1) is 11.8. The topological polar surface area (TPSA) is 29.5 Å². The molecule has 0 radical (unpaired) electrons. The third-order valence-corrected chi connectivity index (χ3v) is 4.92. The van der Waals surface area contributed by atoms with Crippen molar-refractivity contribution in [2.45, 2.75) is 72.6 Å². The lowest BCUT2D eigenvalue weighted by molar-refractivity contribution is 0.408. The Morgan fingerprint density at radius 3 is 1.50 bits per heavy atom. The van der Waals surface area contributed by atoms with E-state index in [1.165, 1.54) is 11.1 Å². The Kier molecular flexibility index (Phi) is 5.46. The maximum absolute atomic E-state index is 10.9. The van der Waals surface area contributed by atoms with Crippen molar-refractivity contribution in [2.24, 2.45) is 0 Å². The van der Waals surface area contributed by atoms with Gasteiger partial charge in [-0.2, -0.15) is 0 Å². The Morgan fingerprint density at radius 1 is 0.769 bits per heavy atom. The van der Waals surface area contributed by atoms with Gasteiger partial charge in [-0.3, -0.25) is 0 Å². The van der Waals surface area contributed by atoms with Crippen LogP contribution in [0.15, 0.2) is 24.3 Å². The first-order valence-electron chi connectivity index (χ1n) is 9.35. The molecular formula is C24H34O2. The minimum Gasteiger partial charge on any atom is -0.507 e. The van der Waals surface area contributed by atoms with Gasteiger partial charge in [0.15, 0.2) is 0 Å². The molecule has 0 aromatic heterocycles. The van der Waals surface area contributed by atoms with Gasteiger partial charge < -0.3 is 9.84 Å². The summed E-state index contributed by atoms with van der Waals surface area (Å²) < 4.78 is 5.49. The van der Waals surface area contributed by atoms with Crippen LogP contribution in [-0.2, 0) is 17.3 Å². The van der Waals surface area contributed by atoms with E-state index in [2.05, 4.69) is 79.7 Å². The summed E-state index contributed by atoms with van der Waals surface area (Å²) in [6.45, 7) is 17.1. The summed E-state index contributed by atoms with van der Waals surface area (Å²) >= 11 is 0. The van der Waals surface area contributed by atoms with E-state index in [9.17, 15) is 5.11 Å². The number of hydrogen-bond donors (Lipinski definition) is 1. The number of rotatable bonds is 3. The van der Waals surface area contributed by atoms with Crippen molar-refractivity contribution in [1.82, 2.24) is 0 Å². The highest BCUT2D eigenvalue weighted by Crippen LogP contribution is 2.40. The highest BCUT2D eigenvalue weighted by Gasteiger charge is 2.26. The smallest absolute Gasteiger partial charge is 0.124 e. The lowest BCUT2D eigenvalue weighted by Gasteiger charge is -2.28. The summed E-state index contributed by atoms with van der Waals surface area (Å²) in [5, 5.41) is 10.9. The van der Waals surface area contributed by atoms with Gasteiger partial charge in [0, 0.05) is 0 Å². The number of phenols is 1. The van der Waals surface area contributed by atoms with Gasteiger partial charge >= 0.3 is 0 Å². The second kappa shape index (κ2) is 6.98. The number of benzene rings is 2. The fourth-order valence-electron chi connectivity index (χ4n) is 3.64. The molecule has 142 valence electrons. The van der Waals surface area contributed by atoms with Crippen LogP contribution < -0.4 is 4.74 Å². The molecule has 0 heterocycles. The van der Waals surface area contributed by atoms with Crippen molar-refractivity contribution >= 4 is 0 Å². The maximum atomic E-state index is 10.9. The minimum atomic E-state index is -0.105. The molecule has 2 aromatic carbocycles. The molecule has 26 heavy (non-hydrogen) atoms. The number of ether oxygens (including phenoxy) is 1. The zero-order chi connectivity index (χ0) is 19.9. The van der Waals surface area contributed by atoms with Crippen LogP contribution in [0.1, 0.15) is 74.9 Å². The minimum absolute atomic E-state index is 0.105. The molecule has 0 aliphatic heterocycles. The van der Waals surface area contributed by atoms with Gasteiger partial charge in [-0.1, -0.05) is 65.8 Å². The third-order valence-electron chi connectivity index (χ3n) is 4.92. The summed E-state index contributed by atoms with van der Waals surface area (Å²) in [6.07, 6.45) is 0.845. The molecule has 0 fully saturated rings. The normalized spacial score (nSPS) is 12.3. The lowest BCUT2D eigenvalue weighted by atomic mass is 9.78. The molecular weight excluding hydrogens is 320 g/mol. The first-order valence-corrected chi connectivity index (χ1v) is 9.35. The summed E-state index contributed by atoms with van der Waals surface area (Å²) in [5.74, 6) is 1.40. The van der Waals surface area contributed by atoms with Crippen molar-refractivity contribution < 1.29 is 9.84 Å². The van der Waals surface area contributed by atoms with Crippen molar-refractivity contribution in [3.63, 3.8) is 0 Å².